The molecule has 0 radical (unpaired) electrons. The van der Waals surface area contributed by atoms with Crippen molar-refractivity contribution in [3.05, 3.63) is 60.8 Å². The highest BCUT2D eigenvalue weighted by Crippen LogP contribution is 2.14. The van der Waals surface area contributed by atoms with Crippen LogP contribution in [0.25, 0.3) is 0 Å². The van der Waals surface area contributed by atoms with Gasteiger partial charge in [0.2, 0.25) is 0 Å². The van der Waals surface area contributed by atoms with Crippen LogP contribution >= 0.6 is 0 Å². The Morgan fingerprint density at radius 2 is 0.619 bits per heavy atom. The Morgan fingerprint density at radius 1 is 0.333 bits per heavy atom. The number of esters is 3. The van der Waals surface area contributed by atoms with E-state index < -0.39 is 6.10 Å². The van der Waals surface area contributed by atoms with Crippen LogP contribution in [0.2, 0.25) is 0 Å². The van der Waals surface area contributed by atoms with Crippen LogP contribution in [0, 0.1) is 0 Å². The van der Waals surface area contributed by atoms with Gasteiger partial charge in [0.1, 0.15) is 13.2 Å². The zero-order valence-electron chi connectivity index (χ0n) is 41.6. The van der Waals surface area contributed by atoms with Gasteiger partial charge < -0.3 is 14.2 Å². The van der Waals surface area contributed by atoms with Gasteiger partial charge in [-0.25, -0.2) is 0 Å². The van der Waals surface area contributed by atoms with Crippen LogP contribution in [-0.2, 0) is 28.6 Å². The Hall–Kier alpha value is -2.89. The number of ether oxygens (including phenoxy) is 3. The smallest absolute Gasteiger partial charge is 0.306 e. The number of hydrogen-bond donors (Lipinski definition) is 0. The van der Waals surface area contributed by atoms with Gasteiger partial charge in [-0.1, -0.05) is 204 Å². The van der Waals surface area contributed by atoms with Crippen molar-refractivity contribution in [3.8, 4) is 0 Å². The Kier molecular flexibility index (Phi) is 49.4. The first kappa shape index (κ1) is 60.1. The highest BCUT2D eigenvalue weighted by molar-refractivity contribution is 5.71. The van der Waals surface area contributed by atoms with Gasteiger partial charge >= 0.3 is 17.9 Å². The first-order valence-electron chi connectivity index (χ1n) is 26.8. The Balaban J connectivity index is 4.40. The summed E-state index contributed by atoms with van der Waals surface area (Å²) in [5, 5.41) is 0. The van der Waals surface area contributed by atoms with Crippen molar-refractivity contribution in [1.29, 1.82) is 0 Å². The van der Waals surface area contributed by atoms with Gasteiger partial charge in [0.05, 0.1) is 0 Å². The molecule has 6 nitrogen and oxygen atoms in total. The second-order valence-corrected chi connectivity index (χ2v) is 17.7. The van der Waals surface area contributed by atoms with E-state index in [1.807, 2.05) is 0 Å². The summed E-state index contributed by atoms with van der Waals surface area (Å²) < 4.78 is 16.8. The Labute approximate surface area is 390 Å². The number of carbonyl (C=O) groups excluding carboxylic acids is 3. The fraction of sp³-hybridized carbons (Fsp3) is 0.772. The predicted molar refractivity (Wildman–Crippen MR) is 270 cm³/mol. The summed E-state index contributed by atoms with van der Waals surface area (Å²) in [6, 6.07) is 0. The Bertz CT molecular complexity index is 1150. The third-order valence-corrected chi connectivity index (χ3v) is 11.5. The number of rotatable bonds is 48. The van der Waals surface area contributed by atoms with Gasteiger partial charge in [0.25, 0.3) is 0 Å². The van der Waals surface area contributed by atoms with Crippen molar-refractivity contribution in [3.63, 3.8) is 0 Å². The predicted octanol–water partition coefficient (Wildman–Crippen LogP) is 17.6. The number of allylic oxidation sites excluding steroid dienone is 10. The molecule has 0 aromatic rings. The van der Waals surface area contributed by atoms with Crippen molar-refractivity contribution in [2.45, 2.75) is 271 Å². The summed E-state index contributed by atoms with van der Waals surface area (Å²) in [4.78, 5) is 38.0. The minimum atomic E-state index is -0.787. The molecule has 0 aliphatic rings. The normalized spacial score (nSPS) is 12.5. The summed E-state index contributed by atoms with van der Waals surface area (Å²) in [6.45, 7) is 6.49. The van der Waals surface area contributed by atoms with E-state index >= 15 is 0 Å². The van der Waals surface area contributed by atoms with E-state index in [4.69, 9.17) is 14.2 Å². The molecule has 1 unspecified atom stereocenters. The van der Waals surface area contributed by atoms with Crippen molar-refractivity contribution in [2.24, 2.45) is 0 Å². The molecule has 0 heterocycles. The largest absolute Gasteiger partial charge is 0.462 e. The molecule has 0 spiro atoms. The summed E-state index contributed by atoms with van der Waals surface area (Å²) >= 11 is 0. The summed E-state index contributed by atoms with van der Waals surface area (Å²) in [7, 11) is 0. The zero-order valence-corrected chi connectivity index (χ0v) is 41.6. The van der Waals surface area contributed by atoms with Crippen LogP contribution < -0.4 is 0 Å². The molecule has 0 aromatic heterocycles. The minimum Gasteiger partial charge on any atom is -0.462 e. The lowest BCUT2D eigenvalue weighted by Crippen LogP contribution is -2.30. The van der Waals surface area contributed by atoms with Gasteiger partial charge in [-0.05, 0) is 103 Å². The molecule has 0 saturated carbocycles. The zero-order chi connectivity index (χ0) is 45.8. The van der Waals surface area contributed by atoms with Crippen LogP contribution in [-0.4, -0.2) is 37.2 Å². The average Bonchev–Trinajstić information content (AvgIpc) is 3.28. The monoisotopic (exact) mass is 881 g/mol. The lowest BCUT2D eigenvalue weighted by atomic mass is 10.1. The number of carbonyl (C=O) groups is 3. The van der Waals surface area contributed by atoms with E-state index in [2.05, 4.69) is 81.5 Å². The van der Waals surface area contributed by atoms with Crippen molar-refractivity contribution < 1.29 is 28.6 Å². The maximum Gasteiger partial charge on any atom is 0.306 e. The fourth-order valence-electron chi connectivity index (χ4n) is 7.45. The average molecular weight is 881 g/mol. The molecule has 0 amide bonds. The lowest BCUT2D eigenvalue weighted by molar-refractivity contribution is -0.167. The molecule has 0 fully saturated rings. The van der Waals surface area contributed by atoms with E-state index in [0.29, 0.717) is 19.3 Å². The van der Waals surface area contributed by atoms with Crippen molar-refractivity contribution >= 4 is 17.9 Å². The number of unbranched alkanes of at least 4 members (excludes halogenated alkanes) is 27. The van der Waals surface area contributed by atoms with Gasteiger partial charge in [0.15, 0.2) is 6.10 Å². The topological polar surface area (TPSA) is 78.9 Å². The van der Waals surface area contributed by atoms with E-state index in [9.17, 15) is 14.4 Å². The molecule has 0 aliphatic carbocycles. The fourth-order valence-corrected chi connectivity index (χ4v) is 7.45. The molecule has 6 heteroatoms. The molecular formula is C57H100O6. The van der Waals surface area contributed by atoms with E-state index in [-0.39, 0.29) is 31.1 Å². The lowest BCUT2D eigenvalue weighted by Gasteiger charge is -2.18. The van der Waals surface area contributed by atoms with Gasteiger partial charge in [-0.15, -0.1) is 0 Å². The van der Waals surface area contributed by atoms with Crippen LogP contribution in [0.15, 0.2) is 60.8 Å². The Morgan fingerprint density at radius 3 is 1.02 bits per heavy atom. The summed E-state index contributed by atoms with van der Waals surface area (Å²) in [5.41, 5.74) is 0. The van der Waals surface area contributed by atoms with E-state index in [1.54, 1.807) is 0 Å². The molecule has 364 valence electrons. The molecule has 0 rings (SSSR count). The maximum absolute atomic E-state index is 12.8. The minimum absolute atomic E-state index is 0.0859. The maximum atomic E-state index is 12.8. The standard InChI is InChI=1S/C57H100O6/c1-4-7-10-13-16-19-22-25-28-29-30-33-35-38-41-44-47-50-56(59)62-53-54(63-57(60)51-48-45-42-39-36-32-27-24-21-18-15-12-9-6-3)52-61-55(58)49-46-43-40-37-34-31-26-23-20-17-14-11-8-5-2/h9,12,16,18-19,21,25,28,31,34,54H,4-8,10-11,13-15,17,20,22-24,26-27,29-30,32-33,35-53H2,1-3H3/b12-9-,19-16-,21-18-,28-25-,34-31-. The van der Waals surface area contributed by atoms with Gasteiger partial charge in [-0.3, -0.25) is 14.4 Å². The van der Waals surface area contributed by atoms with Gasteiger partial charge in [-0.2, -0.15) is 0 Å². The van der Waals surface area contributed by atoms with Crippen molar-refractivity contribution in [2.75, 3.05) is 13.2 Å². The summed E-state index contributed by atoms with van der Waals surface area (Å²) in [6.07, 6.45) is 63.4. The first-order valence-corrected chi connectivity index (χ1v) is 26.8. The molecule has 0 bridgehead atoms. The summed E-state index contributed by atoms with van der Waals surface area (Å²) in [5.74, 6) is -0.912. The van der Waals surface area contributed by atoms with Gasteiger partial charge in [0, 0.05) is 19.3 Å². The number of hydrogen-bond acceptors (Lipinski definition) is 6. The van der Waals surface area contributed by atoms with E-state index in [1.165, 1.54) is 122 Å². The second kappa shape index (κ2) is 51.7. The molecular weight excluding hydrogens is 781 g/mol. The van der Waals surface area contributed by atoms with E-state index in [0.717, 1.165) is 103 Å². The van der Waals surface area contributed by atoms with Crippen LogP contribution in [0.5, 0.6) is 0 Å². The van der Waals surface area contributed by atoms with Crippen LogP contribution in [0.3, 0.4) is 0 Å². The third kappa shape index (κ3) is 50.0. The van der Waals surface area contributed by atoms with Crippen molar-refractivity contribution in [1.82, 2.24) is 0 Å². The second-order valence-electron chi connectivity index (χ2n) is 17.7. The molecule has 0 aromatic carbocycles. The molecule has 0 saturated heterocycles. The first-order chi connectivity index (χ1) is 31.0. The molecule has 0 aliphatic heterocycles. The SMILES string of the molecule is CC/C=C\C/C=C\CCCCCCCCCC(=O)OC(COC(=O)CCCCC/C=C\CCCCCCCCC)COC(=O)CCCCCCCCC/C=C\C/C=C\CCCCC. The highest BCUT2D eigenvalue weighted by atomic mass is 16.6. The molecule has 1 atom stereocenters. The molecule has 63 heavy (non-hydrogen) atoms. The quantitative estimate of drug-likeness (QED) is 0.0262. The van der Waals surface area contributed by atoms with Crippen LogP contribution in [0.4, 0.5) is 0 Å². The highest BCUT2D eigenvalue weighted by Gasteiger charge is 2.19. The third-order valence-electron chi connectivity index (χ3n) is 11.5. The molecule has 0 N–H and O–H groups in total. The van der Waals surface area contributed by atoms with Crippen LogP contribution in [0.1, 0.15) is 265 Å².